The predicted octanol–water partition coefficient (Wildman–Crippen LogP) is 2.83. The monoisotopic (exact) mass is 266 g/mol. The standard InChI is InChI=1S/C12H8ClFN2O2/c13-10-3-2-8(17)5-9(10)12(18)16-7-1-4-11(14)15-6-7/h1-6,17H,(H,16,18). The molecule has 0 saturated carbocycles. The van der Waals surface area contributed by atoms with E-state index in [1.165, 1.54) is 30.5 Å². The highest BCUT2D eigenvalue weighted by atomic mass is 35.5. The zero-order valence-corrected chi connectivity index (χ0v) is 9.78. The SMILES string of the molecule is O=C(Nc1ccc(F)nc1)c1cc(O)ccc1Cl. The number of phenolic OH excluding ortho intramolecular Hbond substituents is 1. The van der Waals surface area contributed by atoms with Gasteiger partial charge in [0.1, 0.15) is 5.75 Å². The number of carbonyl (C=O) groups excluding carboxylic acids is 1. The van der Waals surface area contributed by atoms with Crippen LogP contribution in [0.2, 0.25) is 5.02 Å². The summed E-state index contributed by atoms with van der Waals surface area (Å²) in [6.45, 7) is 0. The van der Waals surface area contributed by atoms with E-state index in [4.69, 9.17) is 11.6 Å². The van der Waals surface area contributed by atoms with Gasteiger partial charge in [0, 0.05) is 0 Å². The molecule has 0 spiro atoms. The number of rotatable bonds is 2. The molecule has 2 rings (SSSR count). The number of hydrogen-bond acceptors (Lipinski definition) is 3. The molecule has 0 fully saturated rings. The number of amides is 1. The minimum atomic E-state index is -0.636. The van der Waals surface area contributed by atoms with Gasteiger partial charge in [0.25, 0.3) is 5.91 Å². The Labute approximate surface area is 107 Å². The molecule has 0 radical (unpaired) electrons. The van der Waals surface area contributed by atoms with Crippen LogP contribution in [0.3, 0.4) is 0 Å². The van der Waals surface area contributed by atoms with E-state index in [2.05, 4.69) is 10.3 Å². The van der Waals surface area contributed by atoms with Gasteiger partial charge in [-0.3, -0.25) is 4.79 Å². The van der Waals surface area contributed by atoms with Crippen molar-refractivity contribution in [1.82, 2.24) is 4.98 Å². The van der Waals surface area contributed by atoms with Crippen molar-refractivity contribution < 1.29 is 14.3 Å². The number of aromatic nitrogens is 1. The molecule has 1 heterocycles. The second-order valence-electron chi connectivity index (χ2n) is 3.49. The van der Waals surface area contributed by atoms with Crippen molar-refractivity contribution in [2.24, 2.45) is 0 Å². The molecule has 0 bridgehead atoms. The van der Waals surface area contributed by atoms with E-state index in [0.717, 1.165) is 6.07 Å². The number of nitrogens with one attached hydrogen (secondary N) is 1. The molecule has 0 unspecified atom stereocenters. The lowest BCUT2D eigenvalue weighted by Crippen LogP contribution is -2.12. The summed E-state index contributed by atoms with van der Waals surface area (Å²) in [5, 5.41) is 12.0. The normalized spacial score (nSPS) is 10.1. The van der Waals surface area contributed by atoms with Gasteiger partial charge in [-0.2, -0.15) is 4.39 Å². The second kappa shape index (κ2) is 5.01. The summed E-state index contributed by atoms with van der Waals surface area (Å²) in [4.78, 5) is 15.2. The number of carbonyl (C=O) groups is 1. The van der Waals surface area contributed by atoms with Gasteiger partial charge in [0.2, 0.25) is 5.95 Å². The Bertz CT molecular complexity index is 587. The Hall–Kier alpha value is -2.14. The zero-order valence-electron chi connectivity index (χ0n) is 9.02. The molecule has 0 aliphatic rings. The summed E-state index contributed by atoms with van der Waals surface area (Å²) >= 11 is 5.83. The maximum absolute atomic E-state index is 12.6. The van der Waals surface area contributed by atoms with Gasteiger partial charge in [-0.05, 0) is 30.3 Å². The second-order valence-corrected chi connectivity index (χ2v) is 3.90. The quantitative estimate of drug-likeness (QED) is 0.822. The Morgan fingerprint density at radius 2 is 2.11 bits per heavy atom. The predicted molar refractivity (Wildman–Crippen MR) is 65.3 cm³/mol. The Kier molecular flexibility index (Phi) is 3.43. The lowest BCUT2D eigenvalue weighted by atomic mass is 10.2. The summed E-state index contributed by atoms with van der Waals surface area (Å²) in [5.74, 6) is -1.21. The first-order valence-electron chi connectivity index (χ1n) is 4.97. The smallest absolute Gasteiger partial charge is 0.257 e. The van der Waals surface area contributed by atoms with Gasteiger partial charge in [0.05, 0.1) is 22.5 Å². The molecule has 18 heavy (non-hydrogen) atoms. The number of anilines is 1. The van der Waals surface area contributed by atoms with E-state index < -0.39 is 11.9 Å². The summed E-state index contributed by atoms with van der Waals surface area (Å²) in [5.41, 5.74) is 0.460. The van der Waals surface area contributed by atoms with Crippen molar-refractivity contribution >= 4 is 23.2 Å². The molecule has 0 aliphatic carbocycles. The average molecular weight is 267 g/mol. The maximum atomic E-state index is 12.6. The van der Waals surface area contributed by atoms with Gasteiger partial charge >= 0.3 is 0 Å². The topological polar surface area (TPSA) is 62.2 Å². The molecule has 0 aliphatic heterocycles. The first kappa shape index (κ1) is 12.3. The van der Waals surface area contributed by atoms with Crippen molar-refractivity contribution in [3.8, 4) is 5.75 Å². The highest BCUT2D eigenvalue weighted by Crippen LogP contribution is 2.22. The number of halogens is 2. The van der Waals surface area contributed by atoms with Gasteiger partial charge in [-0.1, -0.05) is 11.6 Å². The van der Waals surface area contributed by atoms with Crippen molar-refractivity contribution in [3.05, 3.63) is 53.1 Å². The highest BCUT2D eigenvalue weighted by Gasteiger charge is 2.11. The van der Waals surface area contributed by atoms with Crippen LogP contribution in [0.4, 0.5) is 10.1 Å². The van der Waals surface area contributed by atoms with Gasteiger partial charge in [-0.15, -0.1) is 0 Å². The van der Waals surface area contributed by atoms with Crippen LogP contribution in [0.5, 0.6) is 5.75 Å². The molecule has 1 amide bonds. The van der Waals surface area contributed by atoms with Crippen LogP contribution in [0.15, 0.2) is 36.5 Å². The highest BCUT2D eigenvalue weighted by molar-refractivity contribution is 6.34. The van der Waals surface area contributed by atoms with Crippen LogP contribution in [0.1, 0.15) is 10.4 Å². The largest absolute Gasteiger partial charge is 0.508 e. The molecule has 92 valence electrons. The maximum Gasteiger partial charge on any atom is 0.257 e. The first-order valence-corrected chi connectivity index (χ1v) is 5.35. The number of phenols is 1. The zero-order chi connectivity index (χ0) is 13.1. The van der Waals surface area contributed by atoms with Crippen molar-refractivity contribution in [3.63, 3.8) is 0 Å². The van der Waals surface area contributed by atoms with Crippen LogP contribution in [0, 0.1) is 5.95 Å². The molecule has 2 N–H and O–H groups in total. The van der Waals surface area contributed by atoms with Crippen LogP contribution in [-0.2, 0) is 0 Å². The van der Waals surface area contributed by atoms with Crippen molar-refractivity contribution in [2.45, 2.75) is 0 Å². The van der Waals surface area contributed by atoms with Gasteiger partial charge in [0.15, 0.2) is 0 Å². The Morgan fingerprint density at radius 1 is 1.33 bits per heavy atom. The van der Waals surface area contributed by atoms with Crippen molar-refractivity contribution in [2.75, 3.05) is 5.32 Å². The first-order chi connectivity index (χ1) is 8.56. The third-order valence-corrected chi connectivity index (χ3v) is 2.51. The molecule has 0 saturated heterocycles. The van der Waals surface area contributed by atoms with Crippen molar-refractivity contribution in [1.29, 1.82) is 0 Å². The number of nitrogens with zero attached hydrogens (tertiary/aromatic N) is 1. The van der Waals surface area contributed by atoms with Gasteiger partial charge < -0.3 is 10.4 Å². The van der Waals surface area contributed by atoms with E-state index >= 15 is 0 Å². The van der Waals surface area contributed by atoms with E-state index in [1.54, 1.807) is 0 Å². The molecular weight excluding hydrogens is 259 g/mol. The van der Waals surface area contributed by atoms with E-state index in [0.29, 0.717) is 5.69 Å². The Morgan fingerprint density at radius 3 is 2.78 bits per heavy atom. The minimum Gasteiger partial charge on any atom is -0.508 e. The minimum absolute atomic E-state index is 0.0678. The van der Waals surface area contributed by atoms with E-state index in [9.17, 15) is 14.3 Å². The van der Waals surface area contributed by atoms with E-state index in [1.807, 2.05) is 0 Å². The number of pyridine rings is 1. The lowest BCUT2D eigenvalue weighted by Gasteiger charge is -2.06. The summed E-state index contributed by atoms with van der Waals surface area (Å²) in [6.07, 6.45) is 1.18. The fourth-order valence-corrected chi connectivity index (χ4v) is 1.54. The number of aromatic hydroxyl groups is 1. The van der Waals surface area contributed by atoms with Crippen LogP contribution >= 0.6 is 11.6 Å². The molecule has 0 atom stereocenters. The molecule has 1 aromatic heterocycles. The fraction of sp³-hybridized carbons (Fsp3) is 0. The van der Waals surface area contributed by atoms with Gasteiger partial charge in [-0.25, -0.2) is 4.98 Å². The molecule has 4 nitrogen and oxygen atoms in total. The van der Waals surface area contributed by atoms with Crippen LogP contribution < -0.4 is 5.32 Å². The van der Waals surface area contributed by atoms with Crippen LogP contribution in [-0.4, -0.2) is 16.0 Å². The Balaban J connectivity index is 2.21. The van der Waals surface area contributed by atoms with E-state index in [-0.39, 0.29) is 16.3 Å². The molecule has 1 aromatic carbocycles. The number of hydrogen-bond donors (Lipinski definition) is 2. The number of benzene rings is 1. The molecule has 6 heteroatoms. The fourth-order valence-electron chi connectivity index (χ4n) is 1.34. The summed E-state index contributed by atoms with van der Waals surface area (Å²) in [7, 11) is 0. The molecule has 2 aromatic rings. The third-order valence-electron chi connectivity index (χ3n) is 2.18. The summed E-state index contributed by atoms with van der Waals surface area (Å²) in [6, 6.07) is 6.53. The van der Waals surface area contributed by atoms with Crippen LogP contribution in [0.25, 0.3) is 0 Å². The summed E-state index contributed by atoms with van der Waals surface area (Å²) < 4.78 is 12.6. The third kappa shape index (κ3) is 2.75. The lowest BCUT2D eigenvalue weighted by molar-refractivity contribution is 0.102. The average Bonchev–Trinajstić information content (AvgIpc) is 2.35. The molecular formula is C12H8ClFN2O2.